The molecule has 1 saturated heterocycles. The van der Waals surface area contributed by atoms with Crippen LogP contribution in [-0.2, 0) is 17.9 Å². The molecule has 1 fully saturated rings. The first-order chi connectivity index (χ1) is 14.0. The fourth-order valence-corrected chi connectivity index (χ4v) is 3.90. The third kappa shape index (κ3) is 4.96. The Labute approximate surface area is 171 Å². The number of aryl methyl sites for hydroxylation is 1. The van der Waals surface area contributed by atoms with E-state index in [1.807, 2.05) is 42.0 Å². The van der Waals surface area contributed by atoms with Gasteiger partial charge in [0.15, 0.2) is 0 Å². The zero-order valence-corrected chi connectivity index (χ0v) is 17.2. The SMILES string of the molecule is Cc1cccn2cc(COc3ccc(CN(C)CC4(O)CCOCC4)cc3)nc12. The lowest BCUT2D eigenvalue weighted by molar-refractivity contribution is -0.0777. The van der Waals surface area contributed by atoms with Crippen LogP contribution in [0.2, 0.25) is 0 Å². The maximum absolute atomic E-state index is 10.7. The first kappa shape index (κ1) is 19.9. The Hall–Kier alpha value is -2.41. The average molecular weight is 396 g/mol. The summed E-state index contributed by atoms with van der Waals surface area (Å²) in [6, 6.07) is 12.2. The number of ether oxygens (including phenoxy) is 2. The quantitative estimate of drug-likeness (QED) is 0.666. The van der Waals surface area contributed by atoms with Crippen LogP contribution >= 0.6 is 0 Å². The number of hydrogen-bond donors (Lipinski definition) is 1. The van der Waals surface area contributed by atoms with Crippen molar-refractivity contribution < 1.29 is 14.6 Å². The van der Waals surface area contributed by atoms with Crippen LogP contribution in [0.15, 0.2) is 48.8 Å². The van der Waals surface area contributed by atoms with Crippen molar-refractivity contribution in [2.45, 2.75) is 38.5 Å². The van der Waals surface area contributed by atoms with Crippen molar-refractivity contribution in [1.82, 2.24) is 14.3 Å². The molecule has 3 aromatic rings. The maximum Gasteiger partial charge on any atom is 0.140 e. The molecule has 6 heteroatoms. The molecule has 154 valence electrons. The van der Waals surface area contributed by atoms with Gasteiger partial charge in [0.25, 0.3) is 0 Å². The molecule has 1 N–H and O–H groups in total. The van der Waals surface area contributed by atoms with Gasteiger partial charge in [0.1, 0.15) is 18.0 Å². The van der Waals surface area contributed by atoms with Crippen molar-refractivity contribution in [3.8, 4) is 5.75 Å². The number of likely N-dealkylation sites (N-methyl/N-ethyl adjacent to an activating group) is 1. The van der Waals surface area contributed by atoms with Gasteiger partial charge in [-0.3, -0.25) is 4.90 Å². The molecule has 1 aromatic carbocycles. The molecule has 3 heterocycles. The predicted molar refractivity (Wildman–Crippen MR) is 112 cm³/mol. The standard InChI is InChI=1S/C23H29N3O3/c1-18-4-3-11-26-15-20(24-22(18)26)16-29-21-7-5-19(6-8-21)14-25(2)17-23(27)9-12-28-13-10-23/h3-8,11,15,27H,9-10,12-14,16-17H2,1-2H3. The number of benzene rings is 1. The molecule has 2 aromatic heterocycles. The fourth-order valence-electron chi connectivity index (χ4n) is 3.90. The second-order valence-electron chi connectivity index (χ2n) is 8.10. The molecular weight excluding hydrogens is 366 g/mol. The Morgan fingerprint density at radius 2 is 1.97 bits per heavy atom. The largest absolute Gasteiger partial charge is 0.487 e. The number of fused-ring (bicyclic) bond motifs is 1. The lowest BCUT2D eigenvalue weighted by Crippen LogP contribution is -2.45. The van der Waals surface area contributed by atoms with E-state index in [-0.39, 0.29) is 0 Å². The van der Waals surface area contributed by atoms with Gasteiger partial charge in [-0.25, -0.2) is 4.98 Å². The second kappa shape index (κ2) is 8.53. The van der Waals surface area contributed by atoms with Gasteiger partial charge >= 0.3 is 0 Å². The Bertz CT molecular complexity index is 946. The van der Waals surface area contributed by atoms with Crippen LogP contribution in [0, 0.1) is 6.92 Å². The molecule has 0 amide bonds. The summed E-state index contributed by atoms with van der Waals surface area (Å²) in [5, 5.41) is 10.7. The zero-order chi connectivity index (χ0) is 20.3. The van der Waals surface area contributed by atoms with E-state index < -0.39 is 5.60 Å². The van der Waals surface area contributed by atoms with Gasteiger partial charge in [0.2, 0.25) is 0 Å². The summed E-state index contributed by atoms with van der Waals surface area (Å²) >= 11 is 0. The Balaban J connectivity index is 1.31. The van der Waals surface area contributed by atoms with Gasteiger partial charge in [-0.15, -0.1) is 0 Å². The molecule has 0 radical (unpaired) electrons. The minimum atomic E-state index is -0.636. The van der Waals surface area contributed by atoms with E-state index in [4.69, 9.17) is 9.47 Å². The zero-order valence-electron chi connectivity index (χ0n) is 17.2. The van der Waals surface area contributed by atoms with Gasteiger partial charge in [-0.05, 0) is 43.3 Å². The minimum absolute atomic E-state index is 0.440. The number of aromatic nitrogens is 2. The molecule has 6 nitrogen and oxygen atoms in total. The van der Waals surface area contributed by atoms with Crippen molar-refractivity contribution in [3.05, 3.63) is 65.6 Å². The van der Waals surface area contributed by atoms with Crippen LogP contribution in [0.4, 0.5) is 0 Å². The first-order valence-electron chi connectivity index (χ1n) is 10.1. The van der Waals surface area contributed by atoms with Crippen molar-refractivity contribution in [1.29, 1.82) is 0 Å². The van der Waals surface area contributed by atoms with E-state index in [1.54, 1.807) is 0 Å². The summed E-state index contributed by atoms with van der Waals surface area (Å²) in [5.74, 6) is 0.827. The van der Waals surface area contributed by atoms with Crippen molar-refractivity contribution >= 4 is 5.65 Å². The normalized spacial score (nSPS) is 16.4. The highest BCUT2D eigenvalue weighted by molar-refractivity contribution is 5.47. The van der Waals surface area contributed by atoms with E-state index in [9.17, 15) is 5.11 Å². The number of hydrogen-bond acceptors (Lipinski definition) is 5. The molecule has 0 atom stereocenters. The Morgan fingerprint density at radius 1 is 1.21 bits per heavy atom. The van der Waals surface area contributed by atoms with E-state index in [0.29, 0.717) is 39.2 Å². The van der Waals surface area contributed by atoms with Gasteiger partial charge in [0.05, 0.1) is 11.3 Å². The number of imidazole rings is 1. The average Bonchev–Trinajstić information content (AvgIpc) is 3.12. The van der Waals surface area contributed by atoms with Gasteiger partial charge in [-0.2, -0.15) is 0 Å². The molecule has 0 aliphatic carbocycles. The van der Waals surface area contributed by atoms with Crippen LogP contribution in [-0.4, -0.2) is 51.8 Å². The van der Waals surface area contributed by atoms with E-state index in [1.165, 1.54) is 5.56 Å². The summed E-state index contributed by atoms with van der Waals surface area (Å²) in [5.41, 5.74) is 3.59. The number of rotatable bonds is 7. The lowest BCUT2D eigenvalue weighted by atomic mass is 9.94. The van der Waals surface area contributed by atoms with Crippen LogP contribution in [0.5, 0.6) is 5.75 Å². The molecular formula is C23H29N3O3. The predicted octanol–water partition coefficient (Wildman–Crippen LogP) is 3.20. The van der Waals surface area contributed by atoms with Gasteiger partial charge in [0, 0.05) is 51.5 Å². The molecule has 0 bridgehead atoms. The van der Waals surface area contributed by atoms with Crippen LogP contribution in [0.1, 0.15) is 29.7 Å². The lowest BCUT2D eigenvalue weighted by Gasteiger charge is -2.35. The Morgan fingerprint density at radius 3 is 2.69 bits per heavy atom. The first-order valence-corrected chi connectivity index (χ1v) is 10.1. The molecule has 4 rings (SSSR count). The molecule has 0 unspecified atom stereocenters. The highest BCUT2D eigenvalue weighted by Gasteiger charge is 2.30. The minimum Gasteiger partial charge on any atom is -0.487 e. The summed E-state index contributed by atoms with van der Waals surface area (Å²) in [7, 11) is 2.04. The summed E-state index contributed by atoms with van der Waals surface area (Å²) < 4.78 is 13.3. The van der Waals surface area contributed by atoms with Crippen molar-refractivity contribution in [2.24, 2.45) is 0 Å². The van der Waals surface area contributed by atoms with E-state index in [2.05, 4.69) is 35.0 Å². The van der Waals surface area contributed by atoms with Crippen molar-refractivity contribution in [2.75, 3.05) is 26.8 Å². The van der Waals surface area contributed by atoms with E-state index in [0.717, 1.165) is 29.2 Å². The van der Waals surface area contributed by atoms with Crippen LogP contribution < -0.4 is 4.74 Å². The topological polar surface area (TPSA) is 59.2 Å². The van der Waals surface area contributed by atoms with Gasteiger partial charge in [-0.1, -0.05) is 18.2 Å². The van der Waals surface area contributed by atoms with E-state index >= 15 is 0 Å². The molecule has 1 aliphatic heterocycles. The monoisotopic (exact) mass is 395 g/mol. The van der Waals surface area contributed by atoms with Gasteiger partial charge < -0.3 is 19.0 Å². The molecule has 29 heavy (non-hydrogen) atoms. The van der Waals surface area contributed by atoms with Crippen LogP contribution in [0.3, 0.4) is 0 Å². The third-order valence-corrected chi connectivity index (χ3v) is 5.48. The highest BCUT2D eigenvalue weighted by Crippen LogP contribution is 2.22. The third-order valence-electron chi connectivity index (χ3n) is 5.48. The second-order valence-corrected chi connectivity index (χ2v) is 8.10. The summed E-state index contributed by atoms with van der Waals surface area (Å²) in [6.07, 6.45) is 5.41. The number of nitrogens with zero attached hydrogens (tertiary/aromatic N) is 3. The fraction of sp³-hybridized carbons (Fsp3) is 0.435. The number of pyridine rings is 1. The molecule has 0 saturated carbocycles. The van der Waals surface area contributed by atoms with Crippen LogP contribution in [0.25, 0.3) is 5.65 Å². The smallest absolute Gasteiger partial charge is 0.140 e. The molecule has 1 aliphatic rings. The Kier molecular flexibility index (Phi) is 5.85. The molecule has 0 spiro atoms. The maximum atomic E-state index is 10.7. The number of aliphatic hydroxyl groups is 1. The van der Waals surface area contributed by atoms with Crippen molar-refractivity contribution in [3.63, 3.8) is 0 Å². The summed E-state index contributed by atoms with van der Waals surface area (Å²) in [6.45, 7) is 5.22. The summed E-state index contributed by atoms with van der Waals surface area (Å²) in [4.78, 5) is 6.81. The highest BCUT2D eigenvalue weighted by atomic mass is 16.5.